The lowest BCUT2D eigenvalue weighted by atomic mass is 10.3. The van der Waals surface area contributed by atoms with E-state index in [1.54, 1.807) is 0 Å². The van der Waals surface area contributed by atoms with Crippen LogP contribution in [-0.2, 0) is 10.0 Å². The molecule has 21 heavy (non-hydrogen) atoms. The summed E-state index contributed by atoms with van der Waals surface area (Å²) in [6.07, 6.45) is 2.60. The molecule has 7 nitrogen and oxygen atoms in total. The van der Waals surface area contributed by atoms with Crippen molar-refractivity contribution in [3.8, 4) is 11.8 Å². The van der Waals surface area contributed by atoms with Gasteiger partial charge in [0.1, 0.15) is 5.75 Å². The molecule has 112 valence electrons. The molecule has 0 radical (unpaired) electrons. The standard InChI is InChI=1S/C12H12ClN3O4S/c1-19-11-4-3-9(5-10(11)13)21(17,18)16-8-6-14-12(20-2)15-7-8/h3-7,16H,1-2H3. The minimum Gasteiger partial charge on any atom is -0.495 e. The molecule has 0 spiro atoms. The summed E-state index contributed by atoms with van der Waals surface area (Å²) in [5.74, 6) is 0.392. The first-order valence-corrected chi connectivity index (χ1v) is 7.55. The molecule has 1 heterocycles. The zero-order chi connectivity index (χ0) is 15.5. The fourth-order valence-corrected chi connectivity index (χ4v) is 2.88. The van der Waals surface area contributed by atoms with Crippen LogP contribution < -0.4 is 14.2 Å². The van der Waals surface area contributed by atoms with Crippen LogP contribution in [0.4, 0.5) is 5.69 Å². The van der Waals surface area contributed by atoms with Crippen LogP contribution in [0.3, 0.4) is 0 Å². The Kier molecular flexibility index (Phi) is 4.49. The number of nitrogens with zero attached hydrogens (tertiary/aromatic N) is 2. The molecular weight excluding hydrogens is 318 g/mol. The Balaban J connectivity index is 2.26. The number of halogens is 1. The van der Waals surface area contributed by atoms with E-state index in [1.165, 1.54) is 44.8 Å². The third-order valence-electron chi connectivity index (χ3n) is 2.50. The van der Waals surface area contributed by atoms with Gasteiger partial charge in [-0.2, -0.15) is 0 Å². The second kappa shape index (κ2) is 6.15. The van der Waals surface area contributed by atoms with Gasteiger partial charge in [-0.25, -0.2) is 18.4 Å². The molecular formula is C12H12ClN3O4S. The molecule has 2 rings (SSSR count). The molecule has 0 saturated heterocycles. The molecule has 1 N–H and O–H groups in total. The van der Waals surface area contributed by atoms with E-state index in [9.17, 15) is 8.42 Å². The number of anilines is 1. The van der Waals surface area contributed by atoms with Gasteiger partial charge in [0.2, 0.25) is 0 Å². The Morgan fingerprint density at radius 2 is 1.81 bits per heavy atom. The number of rotatable bonds is 5. The zero-order valence-corrected chi connectivity index (χ0v) is 12.8. The van der Waals surface area contributed by atoms with E-state index in [-0.39, 0.29) is 21.6 Å². The molecule has 2 aromatic rings. The highest BCUT2D eigenvalue weighted by atomic mass is 35.5. The number of sulfonamides is 1. The van der Waals surface area contributed by atoms with Crippen molar-refractivity contribution in [3.63, 3.8) is 0 Å². The van der Waals surface area contributed by atoms with E-state index in [2.05, 4.69) is 14.7 Å². The van der Waals surface area contributed by atoms with E-state index in [0.717, 1.165) is 0 Å². The Labute approximate surface area is 126 Å². The van der Waals surface area contributed by atoms with E-state index < -0.39 is 10.0 Å². The molecule has 0 unspecified atom stereocenters. The lowest BCUT2D eigenvalue weighted by Gasteiger charge is -2.09. The van der Waals surface area contributed by atoms with E-state index in [0.29, 0.717) is 5.75 Å². The van der Waals surface area contributed by atoms with Crippen LogP contribution in [0.5, 0.6) is 11.8 Å². The normalized spacial score (nSPS) is 11.0. The second-order valence-corrected chi connectivity index (χ2v) is 5.95. The van der Waals surface area contributed by atoms with Gasteiger partial charge in [-0.15, -0.1) is 0 Å². The molecule has 0 bridgehead atoms. The van der Waals surface area contributed by atoms with Gasteiger partial charge in [0.15, 0.2) is 0 Å². The number of benzene rings is 1. The fourth-order valence-electron chi connectivity index (χ4n) is 1.50. The highest BCUT2D eigenvalue weighted by Gasteiger charge is 2.16. The van der Waals surface area contributed by atoms with Crippen LogP contribution in [0.2, 0.25) is 5.02 Å². The molecule has 0 saturated carbocycles. The molecule has 0 aliphatic heterocycles. The maximum absolute atomic E-state index is 12.2. The van der Waals surface area contributed by atoms with Gasteiger partial charge in [-0.3, -0.25) is 4.72 Å². The van der Waals surface area contributed by atoms with E-state index in [1.807, 2.05) is 0 Å². The highest BCUT2D eigenvalue weighted by molar-refractivity contribution is 7.92. The highest BCUT2D eigenvalue weighted by Crippen LogP contribution is 2.27. The summed E-state index contributed by atoms with van der Waals surface area (Å²) in [7, 11) is -0.929. The van der Waals surface area contributed by atoms with Gasteiger partial charge in [0, 0.05) is 0 Å². The van der Waals surface area contributed by atoms with Crippen LogP contribution >= 0.6 is 11.6 Å². The van der Waals surface area contributed by atoms with E-state index in [4.69, 9.17) is 21.1 Å². The predicted molar refractivity (Wildman–Crippen MR) is 77.4 cm³/mol. The molecule has 9 heteroatoms. The average Bonchev–Trinajstić information content (AvgIpc) is 2.47. The molecule has 0 fully saturated rings. The number of hydrogen-bond donors (Lipinski definition) is 1. The molecule has 1 aromatic carbocycles. The summed E-state index contributed by atoms with van der Waals surface area (Å²) in [5, 5.41) is 0.200. The summed E-state index contributed by atoms with van der Waals surface area (Å²) < 4.78 is 36.5. The molecule has 0 amide bonds. The molecule has 0 aliphatic carbocycles. The fraction of sp³-hybridized carbons (Fsp3) is 0.167. The van der Waals surface area contributed by atoms with Gasteiger partial charge in [0.25, 0.3) is 10.0 Å². The quantitative estimate of drug-likeness (QED) is 0.901. The van der Waals surface area contributed by atoms with Crippen molar-refractivity contribution in [1.29, 1.82) is 0 Å². The average molecular weight is 330 g/mol. The lowest BCUT2D eigenvalue weighted by molar-refractivity contribution is 0.380. The van der Waals surface area contributed by atoms with Gasteiger partial charge in [-0.05, 0) is 18.2 Å². The van der Waals surface area contributed by atoms with Crippen LogP contribution in [0.25, 0.3) is 0 Å². The first kappa shape index (κ1) is 15.3. The molecule has 0 atom stereocenters. The Bertz CT molecular complexity index is 735. The Hall–Kier alpha value is -2.06. The number of methoxy groups -OCH3 is 2. The Morgan fingerprint density at radius 3 is 2.33 bits per heavy atom. The van der Waals surface area contributed by atoms with Crippen molar-refractivity contribution in [1.82, 2.24) is 9.97 Å². The maximum Gasteiger partial charge on any atom is 0.316 e. The monoisotopic (exact) mass is 329 g/mol. The largest absolute Gasteiger partial charge is 0.495 e. The summed E-state index contributed by atoms with van der Waals surface area (Å²) in [4.78, 5) is 7.63. The number of ether oxygens (including phenoxy) is 2. The van der Waals surface area contributed by atoms with Crippen molar-refractivity contribution < 1.29 is 17.9 Å². The summed E-state index contributed by atoms with van der Waals surface area (Å²) in [6.45, 7) is 0. The van der Waals surface area contributed by atoms with Crippen molar-refractivity contribution >= 4 is 27.3 Å². The van der Waals surface area contributed by atoms with Crippen molar-refractivity contribution in [3.05, 3.63) is 35.6 Å². The van der Waals surface area contributed by atoms with Gasteiger partial charge < -0.3 is 9.47 Å². The summed E-state index contributed by atoms with van der Waals surface area (Å²) in [5.41, 5.74) is 0.211. The first-order valence-electron chi connectivity index (χ1n) is 5.68. The number of aromatic nitrogens is 2. The lowest BCUT2D eigenvalue weighted by Crippen LogP contribution is -2.13. The molecule has 0 aliphatic rings. The van der Waals surface area contributed by atoms with Crippen LogP contribution in [0, 0.1) is 0 Å². The van der Waals surface area contributed by atoms with Gasteiger partial charge in [-0.1, -0.05) is 11.6 Å². The van der Waals surface area contributed by atoms with Gasteiger partial charge >= 0.3 is 6.01 Å². The third-order valence-corrected chi connectivity index (χ3v) is 4.17. The van der Waals surface area contributed by atoms with Crippen LogP contribution in [-0.4, -0.2) is 32.6 Å². The SMILES string of the molecule is COc1ncc(NS(=O)(=O)c2ccc(OC)c(Cl)c2)cn1. The predicted octanol–water partition coefficient (Wildman–Crippen LogP) is 1.95. The Morgan fingerprint density at radius 1 is 1.14 bits per heavy atom. The minimum absolute atomic E-state index is 0.00381. The number of hydrogen-bond acceptors (Lipinski definition) is 6. The number of nitrogens with one attached hydrogen (secondary N) is 1. The minimum atomic E-state index is -3.79. The first-order chi connectivity index (χ1) is 9.96. The molecule has 1 aromatic heterocycles. The topological polar surface area (TPSA) is 90.4 Å². The third kappa shape index (κ3) is 3.53. The second-order valence-electron chi connectivity index (χ2n) is 3.86. The summed E-state index contributed by atoms with van der Waals surface area (Å²) in [6, 6.07) is 4.30. The van der Waals surface area contributed by atoms with Gasteiger partial charge in [0.05, 0.1) is 42.2 Å². The van der Waals surface area contributed by atoms with E-state index >= 15 is 0 Å². The van der Waals surface area contributed by atoms with Crippen molar-refractivity contribution in [2.45, 2.75) is 4.90 Å². The van der Waals surface area contributed by atoms with Crippen molar-refractivity contribution in [2.75, 3.05) is 18.9 Å². The van der Waals surface area contributed by atoms with Crippen molar-refractivity contribution in [2.24, 2.45) is 0 Å². The van der Waals surface area contributed by atoms with Crippen LogP contribution in [0.15, 0.2) is 35.5 Å². The smallest absolute Gasteiger partial charge is 0.316 e. The zero-order valence-electron chi connectivity index (χ0n) is 11.2. The van der Waals surface area contributed by atoms with Crippen LogP contribution in [0.1, 0.15) is 0 Å². The maximum atomic E-state index is 12.2. The summed E-state index contributed by atoms with van der Waals surface area (Å²) >= 11 is 5.92.